The standard InChI is InChI=1S/C10H21N3O4S/c1-13(8-10(14)12-5-6-17-2)18(15,16)9-3-4-11-7-9/h9,11H,3-8H2,1-2H3,(H,12,14). The molecule has 1 amide bonds. The lowest BCUT2D eigenvalue weighted by molar-refractivity contribution is -0.121. The lowest BCUT2D eigenvalue weighted by atomic mass is 10.4. The fourth-order valence-corrected chi connectivity index (χ4v) is 3.33. The maximum Gasteiger partial charge on any atom is 0.235 e. The maximum atomic E-state index is 12.1. The predicted molar refractivity (Wildman–Crippen MR) is 67.7 cm³/mol. The molecule has 0 radical (unpaired) electrons. The van der Waals surface area contributed by atoms with Gasteiger partial charge in [-0.05, 0) is 13.0 Å². The molecule has 0 spiro atoms. The summed E-state index contributed by atoms with van der Waals surface area (Å²) in [6, 6.07) is 0. The summed E-state index contributed by atoms with van der Waals surface area (Å²) in [5.41, 5.74) is 0. The van der Waals surface area contributed by atoms with E-state index in [2.05, 4.69) is 10.6 Å². The van der Waals surface area contributed by atoms with Gasteiger partial charge in [0.2, 0.25) is 15.9 Å². The normalized spacial score (nSPS) is 20.3. The summed E-state index contributed by atoms with van der Waals surface area (Å²) in [4.78, 5) is 11.5. The van der Waals surface area contributed by atoms with Crippen LogP contribution in [-0.4, -0.2) is 70.8 Å². The molecule has 2 N–H and O–H groups in total. The molecule has 0 aliphatic carbocycles. The maximum absolute atomic E-state index is 12.1. The quantitative estimate of drug-likeness (QED) is 0.547. The number of carbonyl (C=O) groups is 1. The molecule has 1 atom stereocenters. The first-order valence-corrected chi connectivity index (χ1v) is 7.40. The minimum absolute atomic E-state index is 0.150. The van der Waals surface area contributed by atoms with E-state index in [-0.39, 0.29) is 12.5 Å². The molecule has 1 saturated heterocycles. The third-order valence-corrected chi connectivity index (χ3v) is 5.11. The second-order valence-corrected chi connectivity index (χ2v) is 6.58. The molecule has 0 saturated carbocycles. The van der Waals surface area contributed by atoms with E-state index in [1.807, 2.05) is 0 Å². The Balaban J connectivity index is 2.43. The molecule has 1 rings (SSSR count). The molecular weight excluding hydrogens is 258 g/mol. The molecule has 0 aromatic heterocycles. The van der Waals surface area contributed by atoms with Crippen LogP contribution in [0.25, 0.3) is 0 Å². The van der Waals surface area contributed by atoms with Crippen molar-refractivity contribution in [2.45, 2.75) is 11.7 Å². The number of likely N-dealkylation sites (N-methyl/N-ethyl adjacent to an activating group) is 1. The lowest BCUT2D eigenvalue weighted by Crippen LogP contribution is -2.43. The van der Waals surface area contributed by atoms with Gasteiger partial charge in [-0.3, -0.25) is 4.79 Å². The van der Waals surface area contributed by atoms with Crippen LogP contribution in [0.15, 0.2) is 0 Å². The van der Waals surface area contributed by atoms with Crippen molar-refractivity contribution in [3.8, 4) is 0 Å². The number of sulfonamides is 1. The average Bonchev–Trinajstić information content (AvgIpc) is 2.83. The minimum atomic E-state index is -3.39. The summed E-state index contributed by atoms with van der Waals surface area (Å²) in [5.74, 6) is -0.316. The van der Waals surface area contributed by atoms with Gasteiger partial charge in [0.25, 0.3) is 0 Å². The van der Waals surface area contributed by atoms with Crippen LogP contribution in [0.5, 0.6) is 0 Å². The average molecular weight is 279 g/mol. The van der Waals surface area contributed by atoms with E-state index in [0.717, 1.165) is 4.31 Å². The molecule has 1 aliphatic rings. The molecule has 1 aliphatic heterocycles. The third kappa shape index (κ3) is 4.20. The summed E-state index contributed by atoms with van der Waals surface area (Å²) in [5, 5.41) is 5.18. The van der Waals surface area contributed by atoms with Gasteiger partial charge >= 0.3 is 0 Å². The number of ether oxygens (including phenoxy) is 1. The Labute approximate surface area is 108 Å². The Hall–Kier alpha value is -0.700. The van der Waals surface area contributed by atoms with Gasteiger partial charge in [-0.25, -0.2) is 8.42 Å². The summed E-state index contributed by atoms with van der Waals surface area (Å²) in [7, 11) is -0.414. The number of rotatable bonds is 7. The SMILES string of the molecule is COCCNC(=O)CN(C)S(=O)(=O)C1CCNC1. The highest BCUT2D eigenvalue weighted by molar-refractivity contribution is 7.89. The predicted octanol–water partition coefficient (Wildman–Crippen LogP) is -1.63. The van der Waals surface area contributed by atoms with Crippen LogP contribution in [0.2, 0.25) is 0 Å². The summed E-state index contributed by atoms with van der Waals surface area (Å²) in [6.07, 6.45) is 0.595. The summed E-state index contributed by atoms with van der Waals surface area (Å²) in [6.45, 7) is 1.81. The zero-order valence-electron chi connectivity index (χ0n) is 10.8. The largest absolute Gasteiger partial charge is 0.383 e. The van der Waals surface area contributed by atoms with Gasteiger partial charge in [-0.2, -0.15) is 4.31 Å². The first-order chi connectivity index (χ1) is 8.48. The molecule has 0 aromatic carbocycles. The van der Waals surface area contributed by atoms with Crippen LogP contribution in [0.3, 0.4) is 0 Å². The molecule has 0 bridgehead atoms. The Kier molecular flexibility index (Phi) is 6.00. The second-order valence-electron chi connectivity index (χ2n) is 4.26. The van der Waals surface area contributed by atoms with Crippen LogP contribution < -0.4 is 10.6 Å². The van der Waals surface area contributed by atoms with Crippen LogP contribution in [0, 0.1) is 0 Å². The van der Waals surface area contributed by atoms with Crippen molar-refractivity contribution in [1.82, 2.24) is 14.9 Å². The van der Waals surface area contributed by atoms with Crippen LogP contribution in [0.1, 0.15) is 6.42 Å². The van der Waals surface area contributed by atoms with Gasteiger partial charge < -0.3 is 15.4 Å². The number of carbonyl (C=O) groups excluding carboxylic acids is 1. The Morgan fingerprint density at radius 1 is 1.56 bits per heavy atom. The number of hydrogen-bond donors (Lipinski definition) is 2. The highest BCUT2D eigenvalue weighted by atomic mass is 32.2. The van der Waals surface area contributed by atoms with Crippen molar-refractivity contribution in [3.05, 3.63) is 0 Å². The van der Waals surface area contributed by atoms with E-state index in [1.54, 1.807) is 0 Å². The van der Waals surface area contributed by atoms with Crippen molar-refractivity contribution < 1.29 is 17.9 Å². The number of methoxy groups -OCH3 is 1. The topological polar surface area (TPSA) is 87.7 Å². The molecule has 18 heavy (non-hydrogen) atoms. The number of nitrogens with one attached hydrogen (secondary N) is 2. The lowest BCUT2D eigenvalue weighted by Gasteiger charge is -2.20. The van der Waals surface area contributed by atoms with Crippen molar-refractivity contribution in [2.24, 2.45) is 0 Å². The zero-order chi connectivity index (χ0) is 13.6. The molecular formula is C10H21N3O4S. The number of nitrogens with zero attached hydrogens (tertiary/aromatic N) is 1. The molecule has 8 heteroatoms. The molecule has 0 aromatic rings. The van der Waals surface area contributed by atoms with E-state index >= 15 is 0 Å². The van der Waals surface area contributed by atoms with Gasteiger partial charge in [0.15, 0.2) is 0 Å². The van der Waals surface area contributed by atoms with Crippen molar-refractivity contribution >= 4 is 15.9 Å². The molecule has 106 valence electrons. The number of amides is 1. The summed E-state index contributed by atoms with van der Waals surface area (Å²) >= 11 is 0. The van der Waals surface area contributed by atoms with Crippen molar-refractivity contribution in [1.29, 1.82) is 0 Å². The second kappa shape index (κ2) is 7.03. The molecule has 7 nitrogen and oxygen atoms in total. The molecule has 1 unspecified atom stereocenters. The van der Waals surface area contributed by atoms with E-state index < -0.39 is 15.3 Å². The van der Waals surface area contributed by atoms with Gasteiger partial charge in [-0.1, -0.05) is 0 Å². The van der Waals surface area contributed by atoms with Gasteiger partial charge in [0.05, 0.1) is 18.4 Å². The van der Waals surface area contributed by atoms with Crippen molar-refractivity contribution in [3.63, 3.8) is 0 Å². The first kappa shape index (κ1) is 15.4. The monoisotopic (exact) mass is 279 g/mol. The molecule has 1 heterocycles. The number of hydrogen-bond acceptors (Lipinski definition) is 5. The zero-order valence-corrected chi connectivity index (χ0v) is 11.6. The Morgan fingerprint density at radius 2 is 2.28 bits per heavy atom. The van der Waals surface area contributed by atoms with E-state index in [0.29, 0.717) is 32.7 Å². The summed E-state index contributed by atoms with van der Waals surface area (Å²) < 4.78 is 30.1. The Bertz CT molecular complexity index is 365. The fraction of sp³-hybridized carbons (Fsp3) is 0.900. The van der Waals surface area contributed by atoms with Crippen LogP contribution in [0.4, 0.5) is 0 Å². The van der Waals surface area contributed by atoms with Crippen molar-refractivity contribution in [2.75, 3.05) is 46.9 Å². The third-order valence-electron chi connectivity index (χ3n) is 2.87. The first-order valence-electron chi connectivity index (χ1n) is 5.90. The Morgan fingerprint density at radius 3 is 2.83 bits per heavy atom. The molecule has 1 fully saturated rings. The smallest absolute Gasteiger partial charge is 0.235 e. The van der Waals surface area contributed by atoms with Gasteiger partial charge in [-0.15, -0.1) is 0 Å². The van der Waals surface area contributed by atoms with E-state index in [9.17, 15) is 13.2 Å². The van der Waals surface area contributed by atoms with Gasteiger partial charge in [0.1, 0.15) is 0 Å². The van der Waals surface area contributed by atoms with Crippen LogP contribution in [-0.2, 0) is 19.6 Å². The highest BCUT2D eigenvalue weighted by Crippen LogP contribution is 2.13. The van der Waals surface area contributed by atoms with E-state index in [4.69, 9.17) is 4.74 Å². The minimum Gasteiger partial charge on any atom is -0.383 e. The van der Waals surface area contributed by atoms with Crippen LogP contribution >= 0.6 is 0 Å². The van der Waals surface area contributed by atoms with E-state index in [1.165, 1.54) is 14.2 Å². The fourth-order valence-electron chi connectivity index (χ4n) is 1.78. The van der Waals surface area contributed by atoms with Gasteiger partial charge in [0, 0.05) is 27.2 Å². The highest BCUT2D eigenvalue weighted by Gasteiger charge is 2.32.